The molecule has 2 atom stereocenters. The van der Waals surface area contributed by atoms with Crippen molar-refractivity contribution in [3.8, 4) is 0 Å². The summed E-state index contributed by atoms with van der Waals surface area (Å²) < 4.78 is 10.9. The van der Waals surface area contributed by atoms with Crippen LogP contribution in [0.5, 0.6) is 0 Å². The Kier molecular flexibility index (Phi) is 7.77. The number of carbonyl (C=O) groups is 4. The van der Waals surface area contributed by atoms with Crippen LogP contribution in [0, 0.1) is 11.8 Å². The first-order valence-electron chi connectivity index (χ1n) is 10.7. The lowest BCUT2D eigenvalue weighted by molar-refractivity contribution is -0.141. The van der Waals surface area contributed by atoms with Gasteiger partial charge in [0, 0.05) is 39.1 Å². The van der Waals surface area contributed by atoms with Gasteiger partial charge in [0.1, 0.15) is 11.2 Å². The van der Waals surface area contributed by atoms with Crippen LogP contribution < -0.4 is 5.32 Å². The van der Waals surface area contributed by atoms with Crippen LogP contribution in [0.4, 0.5) is 9.59 Å². The second-order valence-corrected chi connectivity index (χ2v) is 9.85. The van der Waals surface area contributed by atoms with Crippen LogP contribution in [-0.4, -0.2) is 82.9 Å². The second-order valence-electron chi connectivity index (χ2n) is 9.85. The average molecular weight is 442 g/mol. The summed E-state index contributed by atoms with van der Waals surface area (Å²) in [6.07, 6.45) is 0.446. The minimum absolute atomic E-state index is 0.142. The Morgan fingerprint density at radius 2 is 1.42 bits per heavy atom. The number of carboxylic acids is 1. The first-order valence-corrected chi connectivity index (χ1v) is 10.7. The summed E-state index contributed by atoms with van der Waals surface area (Å²) in [6, 6.07) is 0. The third-order valence-corrected chi connectivity index (χ3v) is 5.40. The number of rotatable bonds is 6. The van der Waals surface area contributed by atoms with Crippen LogP contribution in [0.15, 0.2) is 0 Å². The van der Waals surface area contributed by atoms with Gasteiger partial charge in [-0.3, -0.25) is 9.59 Å². The maximum absolute atomic E-state index is 12.5. The van der Waals surface area contributed by atoms with E-state index in [4.69, 9.17) is 14.6 Å². The highest BCUT2D eigenvalue weighted by atomic mass is 16.6. The van der Waals surface area contributed by atoms with Crippen LogP contribution >= 0.6 is 0 Å². The Bertz CT molecular complexity index is 702. The summed E-state index contributed by atoms with van der Waals surface area (Å²) in [5.74, 6) is -1.90. The average Bonchev–Trinajstić information content (AvgIpc) is 3.29. The van der Waals surface area contributed by atoms with Crippen molar-refractivity contribution in [1.82, 2.24) is 15.1 Å². The Hall–Kier alpha value is -2.52. The molecule has 0 spiro atoms. The van der Waals surface area contributed by atoms with E-state index in [2.05, 4.69) is 5.32 Å². The fourth-order valence-corrected chi connectivity index (χ4v) is 3.58. The molecule has 0 saturated carbocycles. The molecular weight excluding hydrogens is 406 g/mol. The summed E-state index contributed by atoms with van der Waals surface area (Å²) in [7, 11) is 0. The van der Waals surface area contributed by atoms with Gasteiger partial charge in [-0.05, 0) is 47.5 Å². The van der Waals surface area contributed by atoms with E-state index >= 15 is 0 Å². The van der Waals surface area contributed by atoms with E-state index in [-0.39, 0.29) is 18.4 Å². The number of ether oxygens (including phenoxy) is 2. The Balaban J connectivity index is 1.72. The van der Waals surface area contributed by atoms with Crippen molar-refractivity contribution in [2.45, 2.75) is 65.1 Å². The molecule has 0 aromatic heterocycles. The first kappa shape index (κ1) is 24.7. The number of carboxylic acid groups (broad SMARTS) is 1. The van der Waals surface area contributed by atoms with E-state index in [0.717, 1.165) is 0 Å². The predicted octanol–water partition coefficient (Wildman–Crippen LogP) is 2.07. The predicted molar refractivity (Wildman–Crippen MR) is 111 cm³/mol. The molecule has 2 fully saturated rings. The zero-order chi connectivity index (χ0) is 23.4. The number of nitrogens with one attached hydrogen (secondary N) is 1. The molecule has 0 aliphatic carbocycles. The molecule has 0 aromatic carbocycles. The van der Waals surface area contributed by atoms with Crippen molar-refractivity contribution < 1.29 is 33.8 Å². The Labute approximate surface area is 183 Å². The van der Waals surface area contributed by atoms with E-state index in [1.165, 1.54) is 4.90 Å². The molecule has 10 nitrogen and oxygen atoms in total. The zero-order valence-corrected chi connectivity index (χ0v) is 19.1. The van der Waals surface area contributed by atoms with Crippen molar-refractivity contribution in [2.24, 2.45) is 11.8 Å². The highest BCUT2D eigenvalue weighted by Gasteiger charge is 2.35. The van der Waals surface area contributed by atoms with Crippen LogP contribution in [0.25, 0.3) is 0 Å². The van der Waals surface area contributed by atoms with Crippen molar-refractivity contribution in [2.75, 3.05) is 32.7 Å². The van der Waals surface area contributed by atoms with Gasteiger partial charge in [-0.15, -0.1) is 0 Å². The molecule has 2 heterocycles. The van der Waals surface area contributed by atoms with Gasteiger partial charge in [0.2, 0.25) is 5.91 Å². The second kappa shape index (κ2) is 9.74. The minimum atomic E-state index is -0.908. The lowest BCUT2D eigenvalue weighted by atomic mass is 10.0. The number of aliphatic carboxylic acids is 1. The van der Waals surface area contributed by atoms with Gasteiger partial charge >= 0.3 is 18.2 Å². The van der Waals surface area contributed by atoms with Crippen molar-refractivity contribution >= 4 is 24.1 Å². The minimum Gasteiger partial charge on any atom is -0.481 e. The van der Waals surface area contributed by atoms with Gasteiger partial charge in [0.05, 0.1) is 11.8 Å². The number of nitrogens with zero attached hydrogens (tertiary/aromatic N) is 2. The molecule has 3 amide bonds. The molecule has 176 valence electrons. The summed E-state index contributed by atoms with van der Waals surface area (Å²) in [4.78, 5) is 50.9. The normalized spacial score (nSPS) is 21.7. The molecule has 0 radical (unpaired) electrons. The maximum Gasteiger partial charge on any atom is 0.410 e. The number of hydrogen-bond acceptors (Lipinski definition) is 6. The molecule has 2 N–H and O–H groups in total. The summed E-state index contributed by atoms with van der Waals surface area (Å²) in [6.45, 7) is 10.5. The van der Waals surface area contributed by atoms with E-state index in [9.17, 15) is 19.2 Å². The molecule has 0 aromatic rings. The topological polar surface area (TPSA) is 125 Å². The van der Waals surface area contributed by atoms with Crippen LogP contribution in [0.2, 0.25) is 0 Å². The lowest BCUT2D eigenvalue weighted by Crippen LogP contribution is -2.41. The lowest BCUT2D eigenvalue weighted by Gasteiger charge is -2.28. The Morgan fingerprint density at radius 3 is 1.94 bits per heavy atom. The van der Waals surface area contributed by atoms with Gasteiger partial charge in [-0.2, -0.15) is 0 Å². The molecule has 31 heavy (non-hydrogen) atoms. The van der Waals surface area contributed by atoms with E-state index in [1.807, 2.05) is 0 Å². The quantitative estimate of drug-likeness (QED) is 0.646. The summed E-state index contributed by atoms with van der Waals surface area (Å²) in [5, 5.41) is 11.9. The molecule has 0 unspecified atom stereocenters. The molecule has 2 aliphatic rings. The smallest absolute Gasteiger partial charge is 0.410 e. The SMILES string of the molecule is CC(C)(C)OC(=O)N1CC[C@@H](C(=O)NCCC(C)(C)OC(=O)N2CC[C@@H](C(=O)O)C2)C1. The van der Waals surface area contributed by atoms with E-state index < -0.39 is 35.3 Å². The molecule has 2 aliphatic heterocycles. The summed E-state index contributed by atoms with van der Waals surface area (Å²) in [5.41, 5.74) is -1.39. The molecule has 2 rings (SSSR count). The van der Waals surface area contributed by atoms with Crippen molar-refractivity contribution in [1.29, 1.82) is 0 Å². The summed E-state index contributed by atoms with van der Waals surface area (Å²) >= 11 is 0. The van der Waals surface area contributed by atoms with E-state index in [1.54, 1.807) is 39.5 Å². The molecule has 2 saturated heterocycles. The largest absolute Gasteiger partial charge is 0.481 e. The fraction of sp³-hybridized carbons (Fsp3) is 0.810. The molecule has 10 heteroatoms. The first-order chi connectivity index (χ1) is 14.3. The van der Waals surface area contributed by atoms with Crippen molar-refractivity contribution in [3.05, 3.63) is 0 Å². The van der Waals surface area contributed by atoms with E-state index in [0.29, 0.717) is 45.4 Å². The number of carbonyl (C=O) groups excluding carboxylic acids is 3. The number of hydrogen-bond donors (Lipinski definition) is 2. The zero-order valence-electron chi connectivity index (χ0n) is 19.1. The third-order valence-electron chi connectivity index (χ3n) is 5.40. The number of likely N-dealkylation sites (tertiary alicyclic amines) is 2. The third kappa shape index (κ3) is 7.59. The van der Waals surface area contributed by atoms with Gasteiger partial charge in [-0.25, -0.2) is 9.59 Å². The van der Waals surface area contributed by atoms with Crippen LogP contribution in [0.1, 0.15) is 53.9 Å². The van der Waals surface area contributed by atoms with Crippen LogP contribution in [0.3, 0.4) is 0 Å². The van der Waals surface area contributed by atoms with Gasteiger partial charge in [-0.1, -0.05) is 0 Å². The fourth-order valence-electron chi connectivity index (χ4n) is 3.58. The molecule has 0 bridgehead atoms. The highest BCUT2D eigenvalue weighted by molar-refractivity contribution is 5.80. The van der Waals surface area contributed by atoms with Crippen LogP contribution in [-0.2, 0) is 19.1 Å². The van der Waals surface area contributed by atoms with Gasteiger partial charge < -0.3 is 29.7 Å². The van der Waals surface area contributed by atoms with Gasteiger partial charge in [0.15, 0.2) is 0 Å². The maximum atomic E-state index is 12.5. The molecular formula is C21H35N3O7. The Morgan fingerprint density at radius 1 is 0.903 bits per heavy atom. The standard InChI is InChI=1S/C21H35N3O7/c1-20(2,3)30-18(28)23-10-6-14(12-23)16(25)22-9-8-21(4,5)31-19(29)24-11-7-15(13-24)17(26)27/h14-15H,6-13H2,1-5H3,(H,22,25)(H,26,27)/t14-,15-/m1/s1. The highest BCUT2D eigenvalue weighted by Crippen LogP contribution is 2.22. The van der Waals surface area contributed by atoms with Gasteiger partial charge in [0.25, 0.3) is 0 Å². The monoisotopic (exact) mass is 441 g/mol. The number of amides is 3. The van der Waals surface area contributed by atoms with Crippen molar-refractivity contribution in [3.63, 3.8) is 0 Å².